The molecule has 1 heterocycles. The molecule has 1 aromatic rings. The number of anilines is 2. The number of rotatable bonds is 4. The van der Waals surface area contributed by atoms with Gasteiger partial charge in [-0.1, -0.05) is 26.2 Å². The summed E-state index contributed by atoms with van der Waals surface area (Å²) in [6, 6.07) is 0.530. The number of aryl methyl sites for hydroxylation is 2. The van der Waals surface area contributed by atoms with E-state index < -0.39 is 0 Å². The molecule has 1 atom stereocenters. The molecule has 0 saturated heterocycles. The monoisotopic (exact) mass is 250 g/mol. The molecule has 1 fully saturated rings. The minimum atomic E-state index is 0.530. The Balaban J connectivity index is 2.09. The third kappa shape index (κ3) is 2.62. The molecule has 3 N–H and O–H groups in total. The van der Waals surface area contributed by atoms with Crippen molar-refractivity contribution in [3.8, 4) is 0 Å². The Kier molecular flexibility index (Phi) is 4.15. The first-order valence-corrected chi connectivity index (χ1v) is 7.19. The summed E-state index contributed by atoms with van der Waals surface area (Å²) in [6.45, 7) is 4.22. The summed E-state index contributed by atoms with van der Waals surface area (Å²) < 4.78 is 1.87. The lowest BCUT2D eigenvalue weighted by atomic mass is 9.83. The molecule has 2 rings (SSSR count). The molecular formula is C14H26N4. The minimum Gasteiger partial charge on any atom is -0.394 e. The molecule has 0 radical (unpaired) electrons. The van der Waals surface area contributed by atoms with Gasteiger partial charge in [-0.25, -0.2) is 0 Å². The number of nitrogens with one attached hydrogen (secondary N) is 1. The lowest BCUT2D eigenvalue weighted by Gasteiger charge is -2.31. The van der Waals surface area contributed by atoms with Crippen molar-refractivity contribution in [3.05, 3.63) is 5.69 Å². The molecule has 0 bridgehead atoms. The van der Waals surface area contributed by atoms with Crippen LogP contribution in [0, 0.1) is 12.8 Å². The number of hydrogen-bond acceptors (Lipinski definition) is 3. The van der Waals surface area contributed by atoms with Gasteiger partial charge in [0.25, 0.3) is 0 Å². The zero-order chi connectivity index (χ0) is 13.1. The molecule has 0 spiro atoms. The van der Waals surface area contributed by atoms with Crippen LogP contribution in [0.1, 0.15) is 51.1 Å². The average molecular weight is 250 g/mol. The van der Waals surface area contributed by atoms with E-state index in [-0.39, 0.29) is 0 Å². The van der Waals surface area contributed by atoms with Crippen LogP contribution in [-0.2, 0) is 7.05 Å². The molecule has 102 valence electrons. The number of nitrogens with two attached hydrogens (primary N) is 1. The van der Waals surface area contributed by atoms with E-state index in [0.29, 0.717) is 6.04 Å². The molecule has 0 amide bonds. The van der Waals surface area contributed by atoms with Crippen LogP contribution in [0.3, 0.4) is 0 Å². The van der Waals surface area contributed by atoms with Gasteiger partial charge in [0.15, 0.2) is 0 Å². The summed E-state index contributed by atoms with van der Waals surface area (Å²) >= 11 is 0. The largest absolute Gasteiger partial charge is 0.394 e. The van der Waals surface area contributed by atoms with Crippen molar-refractivity contribution in [1.29, 1.82) is 0 Å². The zero-order valence-corrected chi connectivity index (χ0v) is 11.9. The summed E-state index contributed by atoms with van der Waals surface area (Å²) in [5.41, 5.74) is 7.80. The van der Waals surface area contributed by atoms with Crippen LogP contribution in [0.25, 0.3) is 0 Å². The van der Waals surface area contributed by atoms with Crippen molar-refractivity contribution >= 4 is 11.5 Å². The highest BCUT2D eigenvalue weighted by molar-refractivity contribution is 5.65. The highest BCUT2D eigenvalue weighted by atomic mass is 15.3. The van der Waals surface area contributed by atoms with Crippen molar-refractivity contribution in [2.45, 2.75) is 58.4 Å². The number of nitrogen functional groups attached to an aromatic ring is 1. The Hall–Kier alpha value is -1.19. The molecule has 1 saturated carbocycles. The van der Waals surface area contributed by atoms with Crippen molar-refractivity contribution in [1.82, 2.24) is 9.78 Å². The fourth-order valence-electron chi connectivity index (χ4n) is 3.11. The van der Waals surface area contributed by atoms with Crippen LogP contribution in [-0.4, -0.2) is 15.8 Å². The van der Waals surface area contributed by atoms with E-state index >= 15 is 0 Å². The molecular weight excluding hydrogens is 224 g/mol. The van der Waals surface area contributed by atoms with E-state index in [0.717, 1.165) is 29.5 Å². The maximum absolute atomic E-state index is 6.09. The van der Waals surface area contributed by atoms with Gasteiger partial charge < -0.3 is 11.1 Å². The van der Waals surface area contributed by atoms with Crippen LogP contribution in [0.2, 0.25) is 0 Å². The van der Waals surface area contributed by atoms with Crippen LogP contribution in [0.15, 0.2) is 0 Å². The lowest BCUT2D eigenvalue weighted by Crippen LogP contribution is -2.31. The Labute approximate surface area is 110 Å². The number of nitrogens with zero attached hydrogens (tertiary/aromatic N) is 2. The minimum absolute atomic E-state index is 0.530. The van der Waals surface area contributed by atoms with Gasteiger partial charge in [0.1, 0.15) is 5.82 Å². The molecule has 0 aliphatic heterocycles. The van der Waals surface area contributed by atoms with Gasteiger partial charge in [0.05, 0.1) is 11.4 Å². The fraction of sp³-hybridized carbons (Fsp3) is 0.786. The van der Waals surface area contributed by atoms with Gasteiger partial charge in [0, 0.05) is 13.1 Å². The van der Waals surface area contributed by atoms with Crippen LogP contribution in [0.5, 0.6) is 0 Å². The summed E-state index contributed by atoms with van der Waals surface area (Å²) in [7, 11) is 1.96. The normalized spacial score (nSPS) is 18.8. The summed E-state index contributed by atoms with van der Waals surface area (Å²) in [6.07, 6.45) is 8.00. The van der Waals surface area contributed by atoms with Crippen molar-refractivity contribution in [2.75, 3.05) is 11.1 Å². The lowest BCUT2D eigenvalue weighted by molar-refractivity contribution is 0.312. The Bertz CT molecular complexity index is 391. The number of hydrogen-bond donors (Lipinski definition) is 2. The third-order valence-electron chi connectivity index (χ3n) is 4.25. The molecule has 1 aliphatic rings. The van der Waals surface area contributed by atoms with E-state index in [1.807, 2.05) is 18.7 Å². The highest BCUT2D eigenvalue weighted by Gasteiger charge is 2.24. The second-order valence-electron chi connectivity index (χ2n) is 5.53. The van der Waals surface area contributed by atoms with Crippen molar-refractivity contribution in [3.63, 3.8) is 0 Å². The number of aromatic nitrogens is 2. The average Bonchev–Trinajstić information content (AvgIpc) is 2.62. The second-order valence-corrected chi connectivity index (χ2v) is 5.53. The molecule has 4 nitrogen and oxygen atoms in total. The van der Waals surface area contributed by atoms with E-state index in [9.17, 15) is 0 Å². The van der Waals surface area contributed by atoms with Gasteiger partial charge in [0.2, 0.25) is 0 Å². The molecule has 18 heavy (non-hydrogen) atoms. The van der Waals surface area contributed by atoms with E-state index in [1.54, 1.807) is 0 Å². The van der Waals surface area contributed by atoms with Gasteiger partial charge in [-0.2, -0.15) is 5.10 Å². The predicted molar refractivity (Wildman–Crippen MR) is 76.6 cm³/mol. The van der Waals surface area contributed by atoms with Crippen LogP contribution < -0.4 is 11.1 Å². The Morgan fingerprint density at radius 1 is 1.39 bits per heavy atom. The summed E-state index contributed by atoms with van der Waals surface area (Å²) in [5.74, 6) is 1.78. The topological polar surface area (TPSA) is 55.9 Å². The maximum Gasteiger partial charge on any atom is 0.147 e. The standard InChI is InChI=1S/C14H26N4/c1-4-12(11-8-6-5-7-9-11)16-14-13(15)10(2)17-18(14)3/h11-12,16H,4-9,15H2,1-3H3. The molecule has 1 unspecified atom stereocenters. The Morgan fingerprint density at radius 3 is 2.56 bits per heavy atom. The molecule has 1 aliphatic carbocycles. The van der Waals surface area contributed by atoms with E-state index in [1.165, 1.54) is 32.1 Å². The molecule has 1 aromatic heterocycles. The van der Waals surface area contributed by atoms with Gasteiger partial charge in [-0.05, 0) is 32.1 Å². The third-order valence-corrected chi connectivity index (χ3v) is 4.25. The highest BCUT2D eigenvalue weighted by Crippen LogP contribution is 2.31. The fourth-order valence-corrected chi connectivity index (χ4v) is 3.11. The van der Waals surface area contributed by atoms with Crippen LogP contribution in [0.4, 0.5) is 11.5 Å². The summed E-state index contributed by atoms with van der Waals surface area (Å²) in [4.78, 5) is 0. The first-order chi connectivity index (χ1) is 8.63. The Morgan fingerprint density at radius 2 is 2.06 bits per heavy atom. The second kappa shape index (κ2) is 5.63. The molecule has 0 aromatic carbocycles. The van der Waals surface area contributed by atoms with Gasteiger partial charge >= 0.3 is 0 Å². The predicted octanol–water partition coefficient (Wildman–Crippen LogP) is 3.08. The quantitative estimate of drug-likeness (QED) is 0.863. The zero-order valence-electron chi connectivity index (χ0n) is 11.9. The van der Waals surface area contributed by atoms with E-state index in [2.05, 4.69) is 17.3 Å². The van der Waals surface area contributed by atoms with Gasteiger partial charge in [-0.3, -0.25) is 4.68 Å². The first kappa shape index (κ1) is 13.2. The van der Waals surface area contributed by atoms with Gasteiger partial charge in [-0.15, -0.1) is 0 Å². The first-order valence-electron chi connectivity index (χ1n) is 7.19. The van der Waals surface area contributed by atoms with Crippen LogP contribution >= 0.6 is 0 Å². The molecule has 4 heteroatoms. The van der Waals surface area contributed by atoms with E-state index in [4.69, 9.17) is 5.73 Å². The SMILES string of the molecule is CCC(Nc1c(N)c(C)nn1C)C1CCCCC1. The van der Waals surface area contributed by atoms with Crippen molar-refractivity contribution in [2.24, 2.45) is 13.0 Å². The smallest absolute Gasteiger partial charge is 0.147 e. The maximum atomic E-state index is 6.09. The summed E-state index contributed by atoms with van der Waals surface area (Å²) in [5, 5.41) is 8.00. The van der Waals surface area contributed by atoms with Crippen molar-refractivity contribution < 1.29 is 0 Å².